The number of nitrogens with one attached hydrogen (secondary N) is 2. The predicted octanol–water partition coefficient (Wildman–Crippen LogP) is 5.34. The monoisotopic (exact) mass is 508 g/mol. The molecule has 1 aliphatic rings. The SMILES string of the molecule is COC(=O)C1=C(c2ccc(Cl)cc2)NC(=S)N[C@@H]1c1ccc(OCc2cccc(C)c2)c(OC)c1. The summed E-state index contributed by atoms with van der Waals surface area (Å²) in [6.45, 7) is 2.45. The largest absolute Gasteiger partial charge is 0.493 e. The van der Waals surface area contributed by atoms with Crippen molar-refractivity contribution in [2.24, 2.45) is 0 Å². The van der Waals surface area contributed by atoms with E-state index in [-0.39, 0.29) is 0 Å². The summed E-state index contributed by atoms with van der Waals surface area (Å²) in [5.74, 6) is 0.649. The van der Waals surface area contributed by atoms with E-state index in [1.165, 1.54) is 12.7 Å². The van der Waals surface area contributed by atoms with Crippen molar-refractivity contribution in [1.82, 2.24) is 10.6 Å². The maximum Gasteiger partial charge on any atom is 0.338 e. The molecule has 2 N–H and O–H groups in total. The molecule has 0 bridgehead atoms. The minimum Gasteiger partial charge on any atom is -0.493 e. The molecule has 0 unspecified atom stereocenters. The van der Waals surface area contributed by atoms with Crippen molar-refractivity contribution in [2.45, 2.75) is 19.6 Å². The lowest BCUT2D eigenvalue weighted by Crippen LogP contribution is -2.45. The normalized spacial score (nSPS) is 15.2. The summed E-state index contributed by atoms with van der Waals surface area (Å²) in [5, 5.41) is 7.26. The van der Waals surface area contributed by atoms with Crippen LogP contribution in [0, 0.1) is 6.92 Å². The van der Waals surface area contributed by atoms with Gasteiger partial charge in [-0.3, -0.25) is 0 Å². The zero-order chi connectivity index (χ0) is 24.9. The second-order valence-corrected chi connectivity index (χ2v) is 8.85. The number of esters is 1. The number of halogens is 1. The molecule has 0 amide bonds. The molecule has 3 aromatic carbocycles. The zero-order valence-electron chi connectivity index (χ0n) is 19.6. The number of hydrogen-bond acceptors (Lipinski definition) is 5. The van der Waals surface area contributed by atoms with Crippen LogP contribution in [0.15, 0.2) is 72.3 Å². The number of aryl methyl sites for hydroxylation is 1. The third-order valence-electron chi connectivity index (χ3n) is 5.61. The van der Waals surface area contributed by atoms with E-state index in [0.29, 0.717) is 39.5 Å². The Hall–Kier alpha value is -3.55. The van der Waals surface area contributed by atoms with Crippen LogP contribution in [0.5, 0.6) is 11.5 Å². The highest BCUT2D eigenvalue weighted by Gasteiger charge is 2.33. The Balaban J connectivity index is 1.70. The van der Waals surface area contributed by atoms with Crippen molar-refractivity contribution in [3.63, 3.8) is 0 Å². The average Bonchev–Trinajstić information content (AvgIpc) is 2.87. The third kappa shape index (κ3) is 5.58. The van der Waals surface area contributed by atoms with Crippen LogP contribution in [0.3, 0.4) is 0 Å². The lowest BCUT2D eigenvalue weighted by atomic mass is 9.92. The van der Waals surface area contributed by atoms with Crippen LogP contribution in [-0.2, 0) is 16.1 Å². The van der Waals surface area contributed by atoms with Crippen LogP contribution in [0.2, 0.25) is 5.02 Å². The van der Waals surface area contributed by atoms with Crippen molar-refractivity contribution < 1.29 is 19.0 Å². The van der Waals surface area contributed by atoms with Crippen LogP contribution in [0.1, 0.15) is 28.3 Å². The molecule has 3 aromatic rings. The fraction of sp³-hybridized carbons (Fsp3) is 0.185. The van der Waals surface area contributed by atoms with Crippen LogP contribution < -0.4 is 20.1 Å². The Morgan fingerprint density at radius 3 is 2.49 bits per heavy atom. The number of thiocarbonyl (C=S) groups is 1. The van der Waals surface area contributed by atoms with E-state index in [1.807, 2.05) is 55.5 Å². The van der Waals surface area contributed by atoms with Crippen molar-refractivity contribution in [3.05, 3.63) is 99.6 Å². The lowest BCUT2D eigenvalue weighted by Gasteiger charge is -2.31. The van der Waals surface area contributed by atoms with E-state index < -0.39 is 12.0 Å². The van der Waals surface area contributed by atoms with Crippen molar-refractivity contribution in [1.29, 1.82) is 0 Å². The minimum absolute atomic E-state index is 0.381. The van der Waals surface area contributed by atoms with E-state index in [0.717, 1.165) is 16.7 Å². The number of rotatable bonds is 7. The van der Waals surface area contributed by atoms with Gasteiger partial charge in [0.1, 0.15) is 6.61 Å². The van der Waals surface area contributed by atoms with Crippen LogP contribution in [0.25, 0.3) is 5.70 Å². The Labute approximate surface area is 214 Å². The van der Waals surface area contributed by atoms with Gasteiger partial charge in [-0.05, 0) is 60.1 Å². The van der Waals surface area contributed by atoms with Gasteiger partial charge < -0.3 is 24.8 Å². The maximum absolute atomic E-state index is 12.9. The highest BCUT2D eigenvalue weighted by molar-refractivity contribution is 7.80. The summed E-state index contributed by atoms with van der Waals surface area (Å²) in [5.41, 5.74) is 4.69. The summed E-state index contributed by atoms with van der Waals surface area (Å²) < 4.78 is 16.8. The molecule has 0 fully saturated rings. The average molecular weight is 509 g/mol. The predicted molar refractivity (Wildman–Crippen MR) is 141 cm³/mol. The van der Waals surface area contributed by atoms with Gasteiger partial charge >= 0.3 is 5.97 Å². The van der Waals surface area contributed by atoms with E-state index >= 15 is 0 Å². The molecule has 0 radical (unpaired) electrons. The Morgan fingerprint density at radius 2 is 1.80 bits per heavy atom. The Kier molecular flexibility index (Phi) is 7.58. The highest BCUT2D eigenvalue weighted by Crippen LogP contribution is 2.37. The molecule has 6 nitrogen and oxygen atoms in total. The van der Waals surface area contributed by atoms with Gasteiger partial charge in [0.05, 0.1) is 31.5 Å². The number of carbonyl (C=O) groups excluding carboxylic acids is 1. The van der Waals surface area contributed by atoms with E-state index in [4.69, 9.17) is 38.0 Å². The second-order valence-electron chi connectivity index (χ2n) is 8.01. The molecule has 35 heavy (non-hydrogen) atoms. The molecule has 8 heteroatoms. The molecule has 1 aliphatic heterocycles. The molecule has 0 aromatic heterocycles. The second kappa shape index (κ2) is 10.8. The maximum atomic E-state index is 12.9. The van der Waals surface area contributed by atoms with Gasteiger partial charge in [0.2, 0.25) is 0 Å². The summed E-state index contributed by atoms with van der Waals surface area (Å²) in [6, 6.07) is 20.2. The molecule has 0 spiro atoms. The van der Waals surface area contributed by atoms with E-state index in [9.17, 15) is 4.79 Å². The highest BCUT2D eigenvalue weighted by atomic mass is 35.5. The fourth-order valence-corrected chi connectivity index (χ4v) is 4.28. The van der Waals surface area contributed by atoms with E-state index in [2.05, 4.69) is 16.7 Å². The Bertz CT molecular complexity index is 1290. The number of benzene rings is 3. The minimum atomic E-state index is -0.568. The van der Waals surface area contributed by atoms with Crippen LogP contribution in [0.4, 0.5) is 0 Å². The van der Waals surface area contributed by atoms with Crippen LogP contribution >= 0.6 is 23.8 Å². The fourth-order valence-electron chi connectivity index (χ4n) is 3.93. The summed E-state index contributed by atoms with van der Waals surface area (Å²) in [6.07, 6.45) is 0. The van der Waals surface area contributed by atoms with Crippen molar-refractivity contribution in [3.8, 4) is 11.5 Å². The molecule has 1 atom stereocenters. The van der Waals surface area contributed by atoms with Gasteiger partial charge in [0.15, 0.2) is 16.6 Å². The number of methoxy groups -OCH3 is 2. The molecule has 1 heterocycles. The van der Waals surface area contributed by atoms with Gasteiger partial charge in [-0.2, -0.15) is 0 Å². The summed E-state index contributed by atoms with van der Waals surface area (Å²) >= 11 is 11.5. The first-order valence-electron chi connectivity index (χ1n) is 10.9. The Morgan fingerprint density at radius 1 is 1.03 bits per heavy atom. The molecule has 4 rings (SSSR count). The molecule has 0 saturated carbocycles. The molecule has 180 valence electrons. The van der Waals surface area contributed by atoms with Crippen molar-refractivity contribution in [2.75, 3.05) is 14.2 Å². The quantitative estimate of drug-likeness (QED) is 0.330. The van der Waals surface area contributed by atoms with Gasteiger partial charge in [-0.1, -0.05) is 59.6 Å². The zero-order valence-corrected chi connectivity index (χ0v) is 21.1. The van der Waals surface area contributed by atoms with E-state index in [1.54, 1.807) is 19.2 Å². The molecule has 0 aliphatic carbocycles. The first-order valence-corrected chi connectivity index (χ1v) is 11.7. The van der Waals surface area contributed by atoms with Gasteiger partial charge in [0, 0.05) is 5.02 Å². The summed E-state index contributed by atoms with van der Waals surface area (Å²) in [4.78, 5) is 12.9. The number of carbonyl (C=O) groups is 1. The smallest absolute Gasteiger partial charge is 0.338 e. The first kappa shape index (κ1) is 24.6. The topological polar surface area (TPSA) is 68.8 Å². The van der Waals surface area contributed by atoms with Gasteiger partial charge in [-0.15, -0.1) is 0 Å². The molecular weight excluding hydrogens is 484 g/mol. The standard InChI is InChI=1S/C27H25ClN2O4S/c1-16-5-4-6-17(13-16)15-34-21-12-9-19(14-22(21)32-2)25-23(26(31)33-3)24(29-27(35)30-25)18-7-10-20(28)11-8-18/h4-14,25H,15H2,1-3H3,(H2,29,30,35)/t25-/m1/s1. The van der Waals surface area contributed by atoms with Crippen molar-refractivity contribution >= 4 is 40.6 Å². The van der Waals surface area contributed by atoms with Gasteiger partial charge in [-0.25, -0.2) is 4.79 Å². The number of hydrogen-bond donors (Lipinski definition) is 2. The first-order chi connectivity index (χ1) is 16.9. The van der Waals surface area contributed by atoms with Gasteiger partial charge in [0.25, 0.3) is 0 Å². The van der Waals surface area contributed by atoms with Crippen LogP contribution in [-0.4, -0.2) is 25.3 Å². The lowest BCUT2D eigenvalue weighted by molar-refractivity contribution is -0.136. The third-order valence-corrected chi connectivity index (χ3v) is 6.08. The summed E-state index contributed by atoms with van der Waals surface area (Å²) in [7, 11) is 2.93. The molecular formula is C27H25ClN2O4S. The number of ether oxygens (including phenoxy) is 3. The molecule has 0 saturated heterocycles.